The first kappa shape index (κ1) is 16.8. The predicted octanol–water partition coefficient (Wildman–Crippen LogP) is 1.69. The summed E-state index contributed by atoms with van der Waals surface area (Å²) >= 11 is 0. The molecule has 2 atom stereocenters. The summed E-state index contributed by atoms with van der Waals surface area (Å²) in [7, 11) is 1.56. The van der Waals surface area contributed by atoms with Gasteiger partial charge in [-0.15, -0.1) is 0 Å². The number of nitrogens with one attached hydrogen (secondary N) is 1. The summed E-state index contributed by atoms with van der Waals surface area (Å²) < 4.78 is 10.9. The minimum Gasteiger partial charge on any atom is -0.493 e. The van der Waals surface area contributed by atoms with Crippen molar-refractivity contribution in [2.75, 3.05) is 13.7 Å². The van der Waals surface area contributed by atoms with Gasteiger partial charge in [-0.25, -0.2) is 0 Å². The third-order valence-electron chi connectivity index (χ3n) is 2.89. The molecule has 6 nitrogen and oxygen atoms in total. The summed E-state index contributed by atoms with van der Waals surface area (Å²) in [5.74, 6) is -0.639. The normalized spacial score (nSPS) is 13.1. The molecule has 0 radical (unpaired) electrons. The number of carbonyl (C=O) groups excluding carboxylic acids is 1. The highest BCUT2D eigenvalue weighted by atomic mass is 16.5. The van der Waals surface area contributed by atoms with E-state index in [2.05, 4.69) is 5.32 Å². The summed E-state index contributed by atoms with van der Waals surface area (Å²) in [4.78, 5) is 22.2. The number of hydrogen-bond acceptors (Lipinski definition) is 4. The van der Waals surface area contributed by atoms with Crippen LogP contribution in [0.5, 0.6) is 11.5 Å². The third-order valence-corrected chi connectivity index (χ3v) is 2.89. The number of hydrogen-bond donors (Lipinski definition) is 2. The van der Waals surface area contributed by atoms with Crippen LogP contribution in [0, 0.1) is 5.92 Å². The molecule has 0 aromatic heterocycles. The maximum Gasteiger partial charge on any atom is 0.304 e. The number of carboxylic acids is 1. The molecule has 1 aromatic carbocycles. The lowest BCUT2D eigenvalue weighted by Gasteiger charge is -2.18. The standard InChI is InChI=1S/C15H21NO5/c1-10(8-14(17)18)15(19)16-9-11(2)21-13-7-5-4-6-12(13)20-3/h4-7,10-11H,8-9H2,1-3H3,(H,16,19)(H,17,18)/t10-,11-/m1/s1. The van der Waals surface area contributed by atoms with Crippen LogP contribution in [-0.4, -0.2) is 36.7 Å². The maximum absolute atomic E-state index is 11.7. The molecule has 0 bridgehead atoms. The third kappa shape index (κ3) is 5.72. The average Bonchev–Trinajstić information content (AvgIpc) is 2.44. The number of methoxy groups -OCH3 is 1. The molecule has 0 unspecified atom stereocenters. The van der Waals surface area contributed by atoms with E-state index in [9.17, 15) is 9.59 Å². The van der Waals surface area contributed by atoms with Gasteiger partial charge in [0.2, 0.25) is 5.91 Å². The van der Waals surface area contributed by atoms with Gasteiger partial charge < -0.3 is 19.9 Å². The van der Waals surface area contributed by atoms with Crippen LogP contribution < -0.4 is 14.8 Å². The van der Waals surface area contributed by atoms with Gasteiger partial charge in [0, 0.05) is 5.92 Å². The van der Waals surface area contributed by atoms with Gasteiger partial charge in [0.1, 0.15) is 6.10 Å². The Bertz CT molecular complexity index is 489. The van der Waals surface area contributed by atoms with Crippen LogP contribution in [-0.2, 0) is 9.59 Å². The van der Waals surface area contributed by atoms with Crippen LogP contribution >= 0.6 is 0 Å². The number of carbonyl (C=O) groups is 2. The molecule has 0 spiro atoms. The van der Waals surface area contributed by atoms with Crippen LogP contribution in [0.1, 0.15) is 20.3 Å². The van der Waals surface area contributed by atoms with Crippen molar-refractivity contribution in [1.82, 2.24) is 5.32 Å². The highest BCUT2D eigenvalue weighted by molar-refractivity contribution is 5.82. The summed E-state index contributed by atoms with van der Waals surface area (Å²) in [5, 5.41) is 11.3. The van der Waals surface area contributed by atoms with Crippen molar-refractivity contribution in [3.05, 3.63) is 24.3 Å². The molecule has 0 aliphatic rings. The highest BCUT2D eigenvalue weighted by Gasteiger charge is 2.17. The topological polar surface area (TPSA) is 84.9 Å². The maximum atomic E-state index is 11.7. The van der Waals surface area contributed by atoms with Crippen molar-refractivity contribution in [3.63, 3.8) is 0 Å². The summed E-state index contributed by atoms with van der Waals surface area (Å²) in [5.41, 5.74) is 0. The van der Waals surface area contributed by atoms with Crippen molar-refractivity contribution < 1.29 is 24.2 Å². The monoisotopic (exact) mass is 295 g/mol. The van der Waals surface area contributed by atoms with Crippen LogP contribution in [0.4, 0.5) is 0 Å². The Hall–Kier alpha value is -2.24. The van der Waals surface area contributed by atoms with Gasteiger partial charge in [-0.05, 0) is 19.1 Å². The Kier molecular flexibility index (Phi) is 6.52. The SMILES string of the molecule is COc1ccccc1O[C@H](C)CNC(=O)[C@H](C)CC(=O)O. The number of para-hydroxylation sites is 2. The van der Waals surface area contributed by atoms with Gasteiger partial charge in [-0.2, -0.15) is 0 Å². The minimum atomic E-state index is -0.990. The van der Waals surface area contributed by atoms with E-state index in [-0.39, 0.29) is 18.4 Å². The molecule has 6 heteroatoms. The van der Waals surface area contributed by atoms with Gasteiger partial charge >= 0.3 is 5.97 Å². The first-order chi connectivity index (χ1) is 9.93. The number of amides is 1. The Morgan fingerprint density at radius 3 is 2.43 bits per heavy atom. The first-order valence-corrected chi connectivity index (χ1v) is 6.73. The molecule has 1 rings (SSSR count). The molecule has 2 N–H and O–H groups in total. The Labute approximate surface area is 124 Å². The molecule has 1 aromatic rings. The molecule has 0 aliphatic carbocycles. The second kappa shape index (κ2) is 8.14. The fourth-order valence-electron chi connectivity index (χ4n) is 1.75. The second-order valence-electron chi connectivity index (χ2n) is 4.82. The zero-order valence-corrected chi connectivity index (χ0v) is 12.5. The molecule has 0 saturated carbocycles. The summed E-state index contributed by atoms with van der Waals surface area (Å²) in [6.45, 7) is 3.69. The molecule has 116 valence electrons. The van der Waals surface area contributed by atoms with E-state index in [1.807, 2.05) is 19.1 Å². The first-order valence-electron chi connectivity index (χ1n) is 6.73. The average molecular weight is 295 g/mol. The van der Waals surface area contributed by atoms with E-state index in [0.29, 0.717) is 18.0 Å². The Balaban J connectivity index is 2.45. The second-order valence-corrected chi connectivity index (χ2v) is 4.82. The van der Waals surface area contributed by atoms with Gasteiger partial charge in [0.05, 0.1) is 20.1 Å². The highest BCUT2D eigenvalue weighted by Crippen LogP contribution is 2.26. The molecule has 0 fully saturated rings. The van der Waals surface area contributed by atoms with Gasteiger partial charge in [-0.1, -0.05) is 19.1 Å². The van der Waals surface area contributed by atoms with Crippen molar-refractivity contribution in [1.29, 1.82) is 0 Å². The van der Waals surface area contributed by atoms with Crippen molar-refractivity contribution in [2.24, 2.45) is 5.92 Å². The van der Waals surface area contributed by atoms with Crippen LogP contribution in [0.3, 0.4) is 0 Å². The molecule has 0 heterocycles. The number of aliphatic carboxylic acids is 1. The van der Waals surface area contributed by atoms with E-state index >= 15 is 0 Å². The number of carboxylic acid groups (broad SMARTS) is 1. The smallest absolute Gasteiger partial charge is 0.304 e. The number of benzene rings is 1. The van der Waals surface area contributed by atoms with Gasteiger partial charge in [0.25, 0.3) is 0 Å². The number of rotatable bonds is 8. The molecule has 21 heavy (non-hydrogen) atoms. The predicted molar refractivity (Wildman–Crippen MR) is 77.5 cm³/mol. The Morgan fingerprint density at radius 2 is 1.86 bits per heavy atom. The zero-order chi connectivity index (χ0) is 15.8. The lowest BCUT2D eigenvalue weighted by molar-refractivity contribution is -0.140. The lowest BCUT2D eigenvalue weighted by Crippen LogP contribution is -2.37. The lowest BCUT2D eigenvalue weighted by atomic mass is 10.1. The summed E-state index contributed by atoms with van der Waals surface area (Å²) in [6.07, 6.45) is -0.449. The Morgan fingerprint density at radius 1 is 1.24 bits per heavy atom. The fraction of sp³-hybridized carbons (Fsp3) is 0.467. The minimum absolute atomic E-state index is 0.187. The molecule has 0 aliphatic heterocycles. The van der Waals surface area contributed by atoms with E-state index in [1.165, 1.54) is 0 Å². The largest absolute Gasteiger partial charge is 0.493 e. The quantitative estimate of drug-likeness (QED) is 0.762. The molecule has 0 saturated heterocycles. The van der Waals surface area contributed by atoms with Crippen molar-refractivity contribution >= 4 is 11.9 Å². The van der Waals surface area contributed by atoms with Crippen LogP contribution in [0.2, 0.25) is 0 Å². The van der Waals surface area contributed by atoms with Gasteiger partial charge in [0.15, 0.2) is 11.5 Å². The molecular formula is C15H21NO5. The molecule has 1 amide bonds. The van der Waals surface area contributed by atoms with Crippen LogP contribution in [0.25, 0.3) is 0 Å². The number of ether oxygens (including phenoxy) is 2. The zero-order valence-electron chi connectivity index (χ0n) is 12.5. The van der Waals surface area contributed by atoms with Crippen LogP contribution in [0.15, 0.2) is 24.3 Å². The van der Waals surface area contributed by atoms with Crippen molar-refractivity contribution in [2.45, 2.75) is 26.4 Å². The van der Waals surface area contributed by atoms with E-state index in [4.69, 9.17) is 14.6 Å². The fourth-order valence-corrected chi connectivity index (χ4v) is 1.75. The van der Waals surface area contributed by atoms with E-state index < -0.39 is 11.9 Å². The van der Waals surface area contributed by atoms with E-state index in [1.54, 1.807) is 26.2 Å². The molecular weight excluding hydrogens is 274 g/mol. The van der Waals surface area contributed by atoms with Crippen molar-refractivity contribution in [3.8, 4) is 11.5 Å². The summed E-state index contributed by atoms with van der Waals surface area (Å²) in [6, 6.07) is 7.24. The van der Waals surface area contributed by atoms with E-state index in [0.717, 1.165) is 0 Å². The van der Waals surface area contributed by atoms with Gasteiger partial charge in [-0.3, -0.25) is 9.59 Å².